The Morgan fingerprint density at radius 1 is 1.07 bits per heavy atom. The van der Waals surface area contributed by atoms with Crippen LogP contribution < -0.4 is 10.8 Å². The third-order valence-corrected chi connectivity index (χ3v) is 9.59. The van der Waals surface area contributed by atoms with E-state index in [4.69, 9.17) is 44.3 Å². The van der Waals surface area contributed by atoms with Crippen LogP contribution in [0.4, 0.5) is 13.2 Å². The molecular formula is C31H26BCl3F3N3O4. The Kier molecular flexibility index (Phi) is 7.53. The Morgan fingerprint density at radius 2 is 1.76 bits per heavy atom. The lowest BCUT2D eigenvalue weighted by Crippen LogP contribution is -2.43. The monoisotopic (exact) mass is 677 g/mol. The molecule has 0 fully saturated rings. The first-order chi connectivity index (χ1) is 20.9. The molecule has 0 saturated heterocycles. The van der Waals surface area contributed by atoms with Crippen molar-refractivity contribution < 1.29 is 32.5 Å². The molecule has 7 nitrogen and oxygen atoms in total. The minimum Gasteiger partial charge on any atom is -0.423 e. The fourth-order valence-electron chi connectivity index (χ4n) is 5.93. The maximum Gasteiger partial charge on any atom is 0.492 e. The Labute approximate surface area is 272 Å². The molecule has 2 aliphatic rings. The number of rotatable bonds is 5. The maximum absolute atomic E-state index is 14.6. The number of carbonyl (C=O) groups is 1. The minimum atomic E-state index is -4.89. The van der Waals surface area contributed by atoms with E-state index >= 15 is 0 Å². The van der Waals surface area contributed by atoms with Crippen molar-refractivity contribution in [2.45, 2.75) is 57.0 Å². The van der Waals surface area contributed by atoms with E-state index in [-0.39, 0.29) is 26.3 Å². The predicted molar refractivity (Wildman–Crippen MR) is 167 cm³/mol. The number of aromatic nitrogens is 1. The van der Waals surface area contributed by atoms with E-state index in [9.17, 15) is 23.0 Å². The van der Waals surface area contributed by atoms with Crippen molar-refractivity contribution in [2.24, 2.45) is 5.16 Å². The van der Waals surface area contributed by atoms with Crippen LogP contribution in [0.15, 0.2) is 65.9 Å². The van der Waals surface area contributed by atoms with Gasteiger partial charge in [0.05, 0.1) is 49.4 Å². The van der Waals surface area contributed by atoms with Gasteiger partial charge in [-0.2, -0.15) is 13.2 Å². The van der Waals surface area contributed by atoms with Gasteiger partial charge < -0.3 is 24.2 Å². The van der Waals surface area contributed by atoms with Crippen molar-refractivity contribution in [1.82, 2.24) is 9.72 Å². The van der Waals surface area contributed by atoms with Gasteiger partial charge in [-0.1, -0.05) is 58.2 Å². The average Bonchev–Trinajstić information content (AvgIpc) is 3.67. The number of hydrogen-bond donors (Lipinski definition) is 2. The highest BCUT2D eigenvalue weighted by atomic mass is 35.5. The highest BCUT2D eigenvalue weighted by molar-refractivity contribution is 6.62. The summed E-state index contributed by atoms with van der Waals surface area (Å²) in [6.07, 6.45) is -3.95. The Bertz CT molecular complexity index is 1890. The molecule has 234 valence electrons. The van der Waals surface area contributed by atoms with Crippen LogP contribution >= 0.6 is 34.8 Å². The van der Waals surface area contributed by atoms with E-state index in [2.05, 4.69) is 10.5 Å². The second-order valence-corrected chi connectivity index (χ2v) is 13.3. The summed E-state index contributed by atoms with van der Waals surface area (Å²) in [7, 11) is -1.08. The van der Waals surface area contributed by atoms with Crippen LogP contribution in [0.5, 0.6) is 0 Å². The van der Waals surface area contributed by atoms with Gasteiger partial charge in [0.1, 0.15) is 5.71 Å². The molecule has 4 heterocycles. The van der Waals surface area contributed by atoms with Gasteiger partial charge in [0.25, 0.3) is 11.5 Å². The first kappa shape index (κ1) is 31.8. The summed E-state index contributed by atoms with van der Waals surface area (Å²) in [4.78, 5) is 18.8. The lowest BCUT2D eigenvalue weighted by molar-refractivity contribution is -0.275. The first-order valence-electron chi connectivity index (χ1n) is 13.9. The summed E-state index contributed by atoms with van der Waals surface area (Å²) in [5.41, 5.74) is -1.41. The molecule has 14 heteroatoms. The number of carbonyl (C=O) groups excluding carboxylic acids is 1. The van der Waals surface area contributed by atoms with Crippen LogP contribution in [0, 0.1) is 0 Å². The third kappa shape index (κ3) is 5.18. The molecule has 0 radical (unpaired) electrons. The van der Waals surface area contributed by atoms with Gasteiger partial charge in [-0.25, -0.2) is 0 Å². The van der Waals surface area contributed by atoms with E-state index < -0.39 is 42.4 Å². The van der Waals surface area contributed by atoms with Gasteiger partial charge in [0.15, 0.2) is 0 Å². The molecule has 2 aromatic heterocycles. The smallest absolute Gasteiger partial charge is 0.423 e. The zero-order valence-corrected chi connectivity index (χ0v) is 26.7. The Hall–Kier alpha value is -3.22. The van der Waals surface area contributed by atoms with Gasteiger partial charge in [-0.05, 0) is 80.7 Å². The number of pyridine rings is 1. The number of fused-ring (bicyclic) bond motifs is 2. The molecule has 6 rings (SSSR count). The fraction of sp³-hybridized carbons (Fsp3) is 0.290. The van der Waals surface area contributed by atoms with Crippen molar-refractivity contribution in [3.8, 4) is 0 Å². The molecule has 0 bridgehead atoms. The maximum atomic E-state index is 14.6. The summed E-state index contributed by atoms with van der Waals surface area (Å²) in [6.45, 7) is 7.41. The molecule has 1 atom stereocenters. The average molecular weight is 679 g/mol. The van der Waals surface area contributed by atoms with E-state index in [0.717, 1.165) is 23.3 Å². The number of oxime groups is 1. The molecule has 0 aliphatic carbocycles. The van der Waals surface area contributed by atoms with Gasteiger partial charge in [0.2, 0.25) is 0 Å². The summed E-state index contributed by atoms with van der Waals surface area (Å²) in [6, 6.07) is 14.1. The van der Waals surface area contributed by atoms with Crippen LogP contribution in [-0.2, 0) is 26.2 Å². The number of amides is 1. The van der Waals surface area contributed by atoms with Crippen LogP contribution in [0.1, 0.15) is 66.9 Å². The van der Waals surface area contributed by atoms with E-state index in [1.807, 2.05) is 45.9 Å². The van der Waals surface area contributed by atoms with Crippen molar-refractivity contribution >= 4 is 64.5 Å². The molecule has 0 spiro atoms. The van der Waals surface area contributed by atoms with Crippen molar-refractivity contribution in [3.63, 3.8) is 0 Å². The molecule has 2 N–H and O–H groups in total. The third-order valence-electron chi connectivity index (χ3n) is 8.39. The van der Waals surface area contributed by atoms with Gasteiger partial charge >= 0.3 is 13.3 Å². The molecule has 45 heavy (non-hydrogen) atoms. The first-order valence-corrected chi connectivity index (χ1v) is 15.0. The fourth-order valence-corrected chi connectivity index (χ4v) is 6.53. The topological polar surface area (TPSA) is 84.6 Å². The number of nitrogens with zero attached hydrogens (tertiary/aromatic N) is 2. The minimum absolute atomic E-state index is 0.00449. The van der Waals surface area contributed by atoms with Crippen LogP contribution in [0.2, 0.25) is 15.1 Å². The van der Waals surface area contributed by atoms with E-state index in [0.29, 0.717) is 22.2 Å². The summed E-state index contributed by atoms with van der Waals surface area (Å²) in [5, 5.41) is 17.0. The van der Waals surface area contributed by atoms with Gasteiger partial charge in [-0.15, -0.1) is 0 Å². The Balaban J connectivity index is 1.30. The molecule has 1 amide bonds. The van der Waals surface area contributed by atoms with Gasteiger partial charge in [-0.3, -0.25) is 4.79 Å². The van der Waals surface area contributed by atoms with Crippen LogP contribution in [0.3, 0.4) is 0 Å². The highest BCUT2D eigenvalue weighted by Gasteiger charge is 2.62. The normalized spacial score (nSPS) is 19.4. The lowest BCUT2D eigenvalue weighted by atomic mass is 9.75. The van der Waals surface area contributed by atoms with Crippen molar-refractivity contribution in [1.29, 1.82) is 0 Å². The number of hydrogen-bond acceptors (Lipinski definition) is 5. The van der Waals surface area contributed by atoms with E-state index in [1.54, 1.807) is 22.7 Å². The number of nitrogens with one attached hydrogen (secondary N) is 1. The lowest BCUT2D eigenvalue weighted by Gasteiger charge is -2.30. The van der Waals surface area contributed by atoms with Gasteiger partial charge in [0, 0.05) is 11.8 Å². The SMILES string of the molecule is CC(C)(NC(=O)c1ccc(C2=NOC(c3cc(Cl)c(Cl)c(Cl)c3)(C(F)(F)F)C2)n2cccc12)c1ccc2c(c1)B(O)OC2(C)C. The zero-order valence-electron chi connectivity index (χ0n) is 24.4. The standard InChI is InChI=1S/C31H26BCl3F3N3O4/c1-28(2,16-7-9-19-20(12-16)32(43)44-29(19,3)4)39-27(42)18-8-10-25(41-11-5-6-24(18)41)23-15-30(45-40-23,31(36,37)38)17-13-21(33)26(35)22(34)14-17/h5-14,43H,15H2,1-4H3,(H,39,42). The largest absolute Gasteiger partial charge is 0.492 e. The second-order valence-electron chi connectivity index (χ2n) is 12.1. The van der Waals surface area contributed by atoms with Crippen LogP contribution in [-0.4, -0.2) is 34.3 Å². The molecule has 1 unspecified atom stereocenters. The zero-order chi connectivity index (χ0) is 32.7. The highest BCUT2D eigenvalue weighted by Crippen LogP contribution is 2.50. The van der Waals surface area contributed by atoms with Crippen molar-refractivity contribution in [3.05, 3.63) is 104 Å². The molecule has 4 aromatic rings. The number of halogens is 6. The summed E-state index contributed by atoms with van der Waals surface area (Å²) in [5.74, 6) is -0.410. The number of alkyl halides is 3. The summed E-state index contributed by atoms with van der Waals surface area (Å²) >= 11 is 18.1. The Morgan fingerprint density at radius 3 is 2.42 bits per heavy atom. The van der Waals surface area contributed by atoms with E-state index in [1.165, 1.54) is 12.1 Å². The molecule has 2 aliphatic heterocycles. The molecular weight excluding hydrogens is 653 g/mol. The second kappa shape index (κ2) is 10.7. The van der Waals surface area contributed by atoms with Crippen molar-refractivity contribution in [2.75, 3.05) is 0 Å². The van der Waals surface area contributed by atoms with Crippen LogP contribution in [0.25, 0.3) is 5.52 Å². The number of benzene rings is 2. The summed E-state index contributed by atoms with van der Waals surface area (Å²) < 4.78 is 51.1. The predicted octanol–water partition coefficient (Wildman–Crippen LogP) is 7.10. The quantitative estimate of drug-likeness (QED) is 0.174. The molecule has 2 aromatic carbocycles. The molecule has 0 saturated carbocycles.